The van der Waals surface area contributed by atoms with Gasteiger partial charge in [0.1, 0.15) is 4.83 Å². The Hall–Kier alpha value is -2.03. The molecular weight excluding hydrogens is 336 g/mol. The van der Waals surface area contributed by atoms with Crippen molar-refractivity contribution in [2.75, 3.05) is 5.75 Å². The third kappa shape index (κ3) is 2.56. The molecule has 0 saturated heterocycles. The van der Waals surface area contributed by atoms with E-state index < -0.39 is 0 Å². The first-order valence-electron chi connectivity index (χ1n) is 7.98. The molecule has 3 nitrogen and oxygen atoms in total. The van der Waals surface area contributed by atoms with Gasteiger partial charge in [-0.15, -0.1) is 17.8 Å². The molecule has 120 valence electrons. The Labute approximate surface area is 148 Å². The molecule has 1 aliphatic carbocycles. The van der Waals surface area contributed by atoms with Gasteiger partial charge >= 0.3 is 0 Å². The summed E-state index contributed by atoms with van der Waals surface area (Å²) in [5.74, 6) is 3.12. The predicted molar refractivity (Wildman–Crippen MR) is 101 cm³/mol. The number of nitrogens with zero attached hydrogens (tertiary/aromatic N) is 2. The van der Waals surface area contributed by atoms with Crippen LogP contribution in [-0.4, -0.2) is 15.3 Å². The molecule has 0 fully saturated rings. The standard InChI is InChI=1S/C19H16N2OS2/c1-2-12-23-19-20-17-16(14-10-6-7-11-15(14)24-17)18(22)21(19)13-8-4-3-5-9-13/h1,3-5,8-9H,6-7,10-12H2. The molecule has 0 radical (unpaired) electrons. The topological polar surface area (TPSA) is 34.9 Å². The minimum atomic E-state index is 0.0325. The summed E-state index contributed by atoms with van der Waals surface area (Å²) in [5.41, 5.74) is 2.09. The fourth-order valence-electron chi connectivity index (χ4n) is 3.19. The fourth-order valence-corrected chi connectivity index (χ4v) is 5.19. The van der Waals surface area contributed by atoms with Crippen molar-refractivity contribution in [3.63, 3.8) is 0 Å². The van der Waals surface area contributed by atoms with Crippen LogP contribution < -0.4 is 5.56 Å². The molecule has 5 heteroatoms. The number of para-hydroxylation sites is 1. The molecule has 24 heavy (non-hydrogen) atoms. The third-order valence-corrected chi connectivity index (χ3v) is 6.29. The molecular formula is C19H16N2OS2. The number of thioether (sulfide) groups is 1. The lowest BCUT2D eigenvalue weighted by Gasteiger charge is -2.13. The van der Waals surface area contributed by atoms with Gasteiger partial charge in [-0.05, 0) is 43.4 Å². The van der Waals surface area contributed by atoms with Crippen LogP contribution in [0.15, 0.2) is 40.3 Å². The largest absolute Gasteiger partial charge is 0.268 e. The maximum Gasteiger partial charge on any atom is 0.267 e. The second kappa shape index (κ2) is 6.46. The highest BCUT2D eigenvalue weighted by molar-refractivity contribution is 7.99. The lowest BCUT2D eigenvalue weighted by molar-refractivity contribution is 0.699. The number of rotatable bonds is 3. The van der Waals surface area contributed by atoms with Crippen LogP contribution in [0, 0.1) is 12.3 Å². The van der Waals surface area contributed by atoms with Crippen molar-refractivity contribution < 1.29 is 0 Å². The molecule has 2 heterocycles. The molecule has 0 saturated carbocycles. The molecule has 1 aliphatic rings. The maximum absolute atomic E-state index is 13.3. The molecule has 0 unspecified atom stereocenters. The van der Waals surface area contributed by atoms with E-state index in [0.717, 1.165) is 35.2 Å². The van der Waals surface area contributed by atoms with Gasteiger partial charge < -0.3 is 0 Å². The zero-order valence-corrected chi connectivity index (χ0v) is 14.8. The monoisotopic (exact) mass is 352 g/mol. The first-order valence-corrected chi connectivity index (χ1v) is 9.79. The maximum atomic E-state index is 13.3. The van der Waals surface area contributed by atoms with Crippen LogP contribution >= 0.6 is 23.1 Å². The van der Waals surface area contributed by atoms with Crippen LogP contribution in [-0.2, 0) is 12.8 Å². The van der Waals surface area contributed by atoms with Gasteiger partial charge in [0, 0.05) is 4.88 Å². The van der Waals surface area contributed by atoms with Crippen molar-refractivity contribution in [3.05, 3.63) is 51.1 Å². The van der Waals surface area contributed by atoms with E-state index >= 15 is 0 Å². The molecule has 0 spiro atoms. The summed E-state index contributed by atoms with van der Waals surface area (Å²) in [7, 11) is 0. The number of hydrogen-bond donors (Lipinski definition) is 0. The first kappa shape index (κ1) is 15.5. The molecule has 2 aromatic heterocycles. The van der Waals surface area contributed by atoms with Crippen LogP contribution in [0.4, 0.5) is 0 Å². The third-order valence-electron chi connectivity index (χ3n) is 4.26. The van der Waals surface area contributed by atoms with Crippen molar-refractivity contribution in [1.82, 2.24) is 9.55 Å². The summed E-state index contributed by atoms with van der Waals surface area (Å²) < 4.78 is 1.71. The molecule has 3 aromatic rings. The van der Waals surface area contributed by atoms with Gasteiger partial charge in [0.25, 0.3) is 5.56 Å². The zero-order chi connectivity index (χ0) is 16.5. The van der Waals surface area contributed by atoms with E-state index in [-0.39, 0.29) is 5.56 Å². The number of thiophene rings is 1. The van der Waals surface area contributed by atoms with Crippen LogP contribution in [0.5, 0.6) is 0 Å². The second-order valence-electron chi connectivity index (χ2n) is 5.75. The van der Waals surface area contributed by atoms with E-state index in [1.54, 1.807) is 15.9 Å². The average molecular weight is 352 g/mol. The number of fused-ring (bicyclic) bond motifs is 3. The van der Waals surface area contributed by atoms with E-state index in [4.69, 9.17) is 11.4 Å². The minimum absolute atomic E-state index is 0.0325. The zero-order valence-electron chi connectivity index (χ0n) is 13.1. The lowest BCUT2D eigenvalue weighted by atomic mass is 9.97. The van der Waals surface area contributed by atoms with Crippen molar-refractivity contribution >= 4 is 33.3 Å². The molecule has 4 rings (SSSR count). The van der Waals surface area contributed by atoms with E-state index in [9.17, 15) is 4.79 Å². The summed E-state index contributed by atoms with van der Waals surface area (Å²) in [5, 5.41) is 1.49. The van der Waals surface area contributed by atoms with E-state index in [1.165, 1.54) is 28.6 Å². The van der Waals surface area contributed by atoms with Gasteiger partial charge in [0.2, 0.25) is 0 Å². The summed E-state index contributed by atoms with van der Waals surface area (Å²) >= 11 is 3.12. The number of hydrogen-bond acceptors (Lipinski definition) is 4. The Morgan fingerprint density at radius 3 is 2.83 bits per heavy atom. The van der Waals surface area contributed by atoms with Crippen LogP contribution in [0.25, 0.3) is 15.9 Å². The highest BCUT2D eigenvalue weighted by Crippen LogP contribution is 2.35. The van der Waals surface area contributed by atoms with Crippen molar-refractivity contribution in [1.29, 1.82) is 0 Å². The van der Waals surface area contributed by atoms with E-state index in [0.29, 0.717) is 10.9 Å². The number of aryl methyl sites for hydroxylation is 2. The smallest absolute Gasteiger partial charge is 0.267 e. The Morgan fingerprint density at radius 2 is 2.04 bits per heavy atom. The Morgan fingerprint density at radius 1 is 1.25 bits per heavy atom. The van der Waals surface area contributed by atoms with Gasteiger partial charge in [-0.1, -0.05) is 35.9 Å². The number of benzene rings is 1. The Bertz CT molecular complexity index is 996. The molecule has 1 aromatic carbocycles. The average Bonchev–Trinajstić information content (AvgIpc) is 2.99. The van der Waals surface area contributed by atoms with Crippen molar-refractivity contribution in [3.8, 4) is 18.0 Å². The van der Waals surface area contributed by atoms with Crippen molar-refractivity contribution in [2.24, 2.45) is 0 Å². The summed E-state index contributed by atoms with van der Waals surface area (Å²) in [6, 6.07) is 9.69. The second-order valence-corrected chi connectivity index (χ2v) is 7.78. The minimum Gasteiger partial charge on any atom is -0.268 e. The molecule has 0 bridgehead atoms. The van der Waals surface area contributed by atoms with Crippen LogP contribution in [0.1, 0.15) is 23.3 Å². The predicted octanol–water partition coefficient (Wildman–Crippen LogP) is 4.05. The summed E-state index contributed by atoms with van der Waals surface area (Å²) in [6.07, 6.45) is 9.81. The lowest BCUT2D eigenvalue weighted by Crippen LogP contribution is -2.22. The molecule has 0 amide bonds. The van der Waals surface area contributed by atoms with Gasteiger partial charge in [-0.2, -0.15) is 0 Å². The van der Waals surface area contributed by atoms with Gasteiger partial charge in [-0.25, -0.2) is 4.98 Å². The van der Waals surface area contributed by atoms with E-state index in [1.807, 2.05) is 30.3 Å². The highest BCUT2D eigenvalue weighted by Gasteiger charge is 2.22. The number of terminal acetylenes is 1. The van der Waals surface area contributed by atoms with Crippen molar-refractivity contribution in [2.45, 2.75) is 30.8 Å². The summed E-state index contributed by atoms with van der Waals surface area (Å²) in [6.45, 7) is 0. The van der Waals surface area contributed by atoms with Crippen LogP contribution in [0.3, 0.4) is 0 Å². The fraction of sp³-hybridized carbons (Fsp3) is 0.263. The normalized spacial score (nSPS) is 13.6. The van der Waals surface area contributed by atoms with Crippen LogP contribution in [0.2, 0.25) is 0 Å². The first-order chi connectivity index (χ1) is 11.8. The number of aromatic nitrogens is 2. The van der Waals surface area contributed by atoms with E-state index in [2.05, 4.69) is 5.92 Å². The molecule has 0 N–H and O–H groups in total. The van der Waals surface area contributed by atoms with Gasteiger partial charge in [0.05, 0.1) is 16.8 Å². The molecule has 0 atom stereocenters. The highest BCUT2D eigenvalue weighted by atomic mass is 32.2. The molecule has 0 aliphatic heterocycles. The van der Waals surface area contributed by atoms with Gasteiger partial charge in [0.15, 0.2) is 5.16 Å². The quantitative estimate of drug-likeness (QED) is 0.405. The Balaban J connectivity index is 2.02. The SMILES string of the molecule is C#CCSc1nc2sc3c(c2c(=O)n1-c1ccccc1)CCCC3. The summed E-state index contributed by atoms with van der Waals surface area (Å²) in [4.78, 5) is 20.3. The Kier molecular flexibility index (Phi) is 4.17. The van der Waals surface area contributed by atoms with Gasteiger partial charge in [-0.3, -0.25) is 9.36 Å².